The van der Waals surface area contributed by atoms with Crippen molar-refractivity contribution in [1.29, 1.82) is 0 Å². The highest BCUT2D eigenvalue weighted by Crippen LogP contribution is 1.90. The quantitative estimate of drug-likeness (QED) is 0.540. The Balaban J connectivity index is 2.02. The average Bonchev–Trinajstić information content (AvgIpc) is 2.30. The molecule has 0 amide bonds. The summed E-state index contributed by atoms with van der Waals surface area (Å²) in [6.07, 6.45) is 6.30. The zero-order valence-corrected chi connectivity index (χ0v) is 9.48. The Morgan fingerprint density at radius 1 is 1.44 bits per heavy atom. The highest BCUT2D eigenvalue weighted by Gasteiger charge is 2.00. The summed E-state index contributed by atoms with van der Waals surface area (Å²) in [4.78, 5) is 19.1. The molecule has 1 N–H and O–H groups in total. The number of ether oxygens (including phenoxy) is 1. The minimum absolute atomic E-state index is 0.158. The van der Waals surface area contributed by atoms with Crippen molar-refractivity contribution in [3.8, 4) is 0 Å². The van der Waals surface area contributed by atoms with Gasteiger partial charge in [0, 0.05) is 38.1 Å². The SMILES string of the molecule is CCOC(=O)CCNCCc1cnccn1. The van der Waals surface area contributed by atoms with Crippen LogP contribution in [0.4, 0.5) is 0 Å². The van der Waals surface area contributed by atoms with Crippen LogP contribution in [0.15, 0.2) is 18.6 Å². The normalized spacial score (nSPS) is 10.1. The molecule has 0 saturated heterocycles. The first-order chi connectivity index (χ1) is 7.83. The van der Waals surface area contributed by atoms with E-state index >= 15 is 0 Å². The van der Waals surface area contributed by atoms with E-state index in [0.29, 0.717) is 19.6 Å². The van der Waals surface area contributed by atoms with Gasteiger partial charge in [-0.2, -0.15) is 0 Å². The summed E-state index contributed by atoms with van der Waals surface area (Å²) in [6, 6.07) is 0. The largest absolute Gasteiger partial charge is 0.466 e. The zero-order chi connectivity index (χ0) is 11.6. The Kier molecular flexibility index (Phi) is 6.10. The van der Waals surface area contributed by atoms with Gasteiger partial charge in [-0.25, -0.2) is 0 Å². The molecule has 0 bridgehead atoms. The van der Waals surface area contributed by atoms with E-state index < -0.39 is 0 Å². The maximum absolute atomic E-state index is 11.0. The summed E-state index contributed by atoms with van der Waals surface area (Å²) in [5, 5.41) is 3.15. The Morgan fingerprint density at radius 2 is 2.31 bits per heavy atom. The maximum atomic E-state index is 11.0. The van der Waals surface area contributed by atoms with Crippen LogP contribution >= 0.6 is 0 Å². The van der Waals surface area contributed by atoms with E-state index in [-0.39, 0.29) is 5.97 Å². The molecule has 0 spiro atoms. The number of nitrogens with zero attached hydrogens (tertiary/aromatic N) is 2. The van der Waals surface area contributed by atoms with Crippen LogP contribution in [0.5, 0.6) is 0 Å². The summed E-state index contributed by atoms with van der Waals surface area (Å²) in [5.74, 6) is -0.158. The van der Waals surface area contributed by atoms with E-state index in [1.807, 2.05) is 0 Å². The fourth-order valence-electron chi connectivity index (χ4n) is 1.22. The van der Waals surface area contributed by atoms with Crippen LogP contribution in [0, 0.1) is 0 Å². The number of rotatable bonds is 7. The Morgan fingerprint density at radius 3 is 3.00 bits per heavy atom. The van der Waals surface area contributed by atoms with Gasteiger partial charge in [0.25, 0.3) is 0 Å². The van der Waals surface area contributed by atoms with Gasteiger partial charge in [0.1, 0.15) is 0 Å². The van der Waals surface area contributed by atoms with Crippen molar-refractivity contribution < 1.29 is 9.53 Å². The molecule has 1 heterocycles. The van der Waals surface area contributed by atoms with Crippen LogP contribution in [-0.4, -0.2) is 35.6 Å². The van der Waals surface area contributed by atoms with Gasteiger partial charge >= 0.3 is 5.97 Å². The van der Waals surface area contributed by atoms with Crippen molar-refractivity contribution in [1.82, 2.24) is 15.3 Å². The summed E-state index contributed by atoms with van der Waals surface area (Å²) < 4.78 is 4.81. The molecule has 0 aliphatic heterocycles. The standard InChI is InChI=1S/C11H17N3O2/c1-2-16-11(15)4-6-12-5-3-10-9-13-7-8-14-10/h7-9,12H,2-6H2,1H3. The van der Waals surface area contributed by atoms with Crippen molar-refractivity contribution in [3.63, 3.8) is 0 Å². The molecule has 1 aromatic rings. The Labute approximate surface area is 95.3 Å². The molecule has 0 aliphatic rings. The molecule has 0 radical (unpaired) electrons. The van der Waals surface area contributed by atoms with Gasteiger partial charge in [-0.3, -0.25) is 14.8 Å². The molecule has 0 atom stereocenters. The van der Waals surface area contributed by atoms with Crippen molar-refractivity contribution in [3.05, 3.63) is 24.3 Å². The van der Waals surface area contributed by atoms with Crippen LogP contribution in [0.1, 0.15) is 19.0 Å². The second-order valence-electron chi connectivity index (χ2n) is 3.25. The minimum Gasteiger partial charge on any atom is -0.466 e. The second-order valence-corrected chi connectivity index (χ2v) is 3.25. The predicted octanol–water partition coefficient (Wildman–Crippen LogP) is 0.562. The number of carbonyl (C=O) groups is 1. The minimum atomic E-state index is -0.158. The van der Waals surface area contributed by atoms with Crippen LogP contribution in [-0.2, 0) is 16.0 Å². The summed E-state index contributed by atoms with van der Waals surface area (Å²) >= 11 is 0. The van der Waals surface area contributed by atoms with Crippen molar-refractivity contribution >= 4 is 5.97 Å². The molecule has 1 aromatic heterocycles. The molecule has 0 aromatic carbocycles. The summed E-state index contributed by atoms with van der Waals surface area (Å²) in [5.41, 5.74) is 0.950. The number of carbonyl (C=O) groups excluding carboxylic acids is 1. The first-order valence-corrected chi connectivity index (χ1v) is 5.44. The molecule has 88 valence electrons. The molecule has 0 unspecified atom stereocenters. The van der Waals surface area contributed by atoms with Gasteiger partial charge in [-0.1, -0.05) is 0 Å². The lowest BCUT2D eigenvalue weighted by Gasteiger charge is -2.04. The van der Waals surface area contributed by atoms with Crippen LogP contribution < -0.4 is 5.32 Å². The van der Waals surface area contributed by atoms with Gasteiger partial charge in [0.15, 0.2) is 0 Å². The lowest BCUT2D eigenvalue weighted by molar-refractivity contribution is -0.142. The monoisotopic (exact) mass is 223 g/mol. The topological polar surface area (TPSA) is 64.1 Å². The van der Waals surface area contributed by atoms with E-state index in [4.69, 9.17) is 4.74 Å². The maximum Gasteiger partial charge on any atom is 0.307 e. The number of hydrogen-bond acceptors (Lipinski definition) is 5. The number of nitrogens with one attached hydrogen (secondary N) is 1. The predicted molar refractivity (Wildman–Crippen MR) is 59.9 cm³/mol. The smallest absolute Gasteiger partial charge is 0.307 e. The molecule has 16 heavy (non-hydrogen) atoms. The third kappa shape index (κ3) is 5.41. The van der Waals surface area contributed by atoms with Gasteiger partial charge in [-0.05, 0) is 6.92 Å². The number of hydrogen-bond donors (Lipinski definition) is 1. The van der Waals surface area contributed by atoms with E-state index in [2.05, 4.69) is 15.3 Å². The highest BCUT2D eigenvalue weighted by molar-refractivity contribution is 5.69. The van der Waals surface area contributed by atoms with Gasteiger partial charge in [0.05, 0.1) is 18.7 Å². The molecule has 5 nitrogen and oxygen atoms in total. The first-order valence-electron chi connectivity index (χ1n) is 5.44. The number of esters is 1. The van der Waals surface area contributed by atoms with Crippen LogP contribution in [0.3, 0.4) is 0 Å². The molecule has 0 fully saturated rings. The van der Waals surface area contributed by atoms with E-state index in [1.165, 1.54) is 0 Å². The third-order valence-electron chi connectivity index (χ3n) is 1.99. The van der Waals surface area contributed by atoms with Gasteiger partial charge < -0.3 is 10.1 Å². The first kappa shape index (κ1) is 12.6. The fraction of sp³-hybridized carbons (Fsp3) is 0.545. The zero-order valence-electron chi connectivity index (χ0n) is 9.48. The summed E-state index contributed by atoms with van der Waals surface area (Å²) in [6.45, 7) is 3.68. The fourth-order valence-corrected chi connectivity index (χ4v) is 1.22. The molecule has 1 rings (SSSR count). The molecule has 5 heteroatoms. The van der Waals surface area contributed by atoms with Crippen LogP contribution in [0.2, 0.25) is 0 Å². The van der Waals surface area contributed by atoms with Crippen molar-refractivity contribution in [2.24, 2.45) is 0 Å². The average molecular weight is 223 g/mol. The lowest BCUT2D eigenvalue weighted by atomic mass is 10.3. The summed E-state index contributed by atoms with van der Waals surface area (Å²) in [7, 11) is 0. The second kappa shape index (κ2) is 7.76. The van der Waals surface area contributed by atoms with E-state index in [9.17, 15) is 4.79 Å². The van der Waals surface area contributed by atoms with E-state index in [1.54, 1.807) is 25.5 Å². The van der Waals surface area contributed by atoms with Gasteiger partial charge in [-0.15, -0.1) is 0 Å². The van der Waals surface area contributed by atoms with Crippen LogP contribution in [0.25, 0.3) is 0 Å². The molecule has 0 aliphatic carbocycles. The highest BCUT2D eigenvalue weighted by atomic mass is 16.5. The van der Waals surface area contributed by atoms with Crippen molar-refractivity contribution in [2.75, 3.05) is 19.7 Å². The van der Waals surface area contributed by atoms with Gasteiger partial charge in [0.2, 0.25) is 0 Å². The van der Waals surface area contributed by atoms with Crippen molar-refractivity contribution in [2.45, 2.75) is 19.8 Å². The lowest BCUT2D eigenvalue weighted by Crippen LogP contribution is -2.22. The third-order valence-corrected chi connectivity index (χ3v) is 1.99. The Bertz CT molecular complexity index is 303. The molecular formula is C11H17N3O2. The molecule has 0 saturated carbocycles. The Hall–Kier alpha value is -1.49. The molecular weight excluding hydrogens is 206 g/mol. The number of aromatic nitrogens is 2. The van der Waals surface area contributed by atoms with E-state index in [0.717, 1.165) is 18.7 Å².